The SMILES string of the molecule is CCCc1cc(=O)n2c(C(=O)NCCc3ccccc3)c(C(=O)Nc3ccc(Cl)cc3C)sc2n1. The Morgan fingerprint density at radius 2 is 1.83 bits per heavy atom. The molecule has 0 atom stereocenters. The zero-order chi connectivity index (χ0) is 24.9. The molecule has 4 rings (SSSR count). The molecular formula is C26H25ClN4O3S. The van der Waals surface area contributed by atoms with Crippen molar-refractivity contribution in [2.24, 2.45) is 0 Å². The quantitative estimate of drug-likeness (QED) is 0.354. The summed E-state index contributed by atoms with van der Waals surface area (Å²) in [5, 5.41) is 6.25. The predicted octanol–water partition coefficient (Wildman–Crippen LogP) is 4.90. The monoisotopic (exact) mass is 508 g/mol. The summed E-state index contributed by atoms with van der Waals surface area (Å²) in [5.41, 5.74) is 2.66. The number of hydrogen-bond donors (Lipinski definition) is 2. The fraction of sp³-hybridized carbons (Fsp3) is 0.231. The second-order valence-corrected chi connectivity index (χ2v) is 9.55. The molecule has 0 saturated carbocycles. The predicted molar refractivity (Wildman–Crippen MR) is 140 cm³/mol. The number of amides is 2. The molecule has 2 aromatic carbocycles. The largest absolute Gasteiger partial charge is 0.350 e. The van der Waals surface area contributed by atoms with E-state index in [4.69, 9.17) is 11.6 Å². The van der Waals surface area contributed by atoms with Gasteiger partial charge in [0.25, 0.3) is 17.4 Å². The van der Waals surface area contributed by atoms with Crippen molar-refractivity contribution in [1.82, 2.24) is 14.7 Å². The summed E-state index contributed by atoms with van der Waals surface area (Å²) >= 11 is 7.06. The van der Waals surface area contributed by atoms with E-state index in [1.165, 1.54) is 10.5 Å². The summed E-state index contributed by atoms with van der Waals surface area (Å²) in [5.74, 6) is -0.993. The smallest absolute Gasteiger partial charge is 0.270 e. The Bertz CT molecular complexity index is 1450. The number of nitrogens with one attached hydrogen (secondary N) is 2. The first kappa shape index (κ1) is 24.6. The van der Waals surface area contributed by atoms with E-state index in [1.807, 2.05) is 44.2 Å². The second kappa shape index (κ2) is 10.8. The Labute approximate surface area is 211 Å². The van der Waals surface area contributed by atoms with Crippen LogP contribution < -0.4 is 16.2 Å². The van der Waals surface area contributed by atoms with Crippen molar-refractivity contribution in [3.8, 4) is 0 Å². The number of halogens is 1. The highest BCUT2D eigenvalue weighted by atomic mass is 35.5. The number of carbonyl (C=O) groups excluding carboxylic acids is 2. The van der Waals surface area contributed by atoms with E-state index in [0.29, 0.717) is 40.8 Å². The molecule has 0 spiro atoms. The van der Waals surface area contributed by atoms with Gasteiger partial charge in [-0.2, -0.15) is 0 Å². The normalized spacial score (nSPS) is 10.9. The summed E-state index contributed by atoms with van der Waals surface area (Å²) in [4.78, 5) is 44.5. The van der Waals surface area contributed by atoms with E-state index in [1.54, 1.807) is 18.2 Å². The van der Waals surface area contributed by atoms with E-state index in [0.717, 1.165) is 28.9 Å². The molecule has 2 amide bonds. The Morgan fingerprint density at radius 3 is 2.54 bits per heavy atom. The third-order valence-corrected chi connectivity index (χ3v) is 6.75. The van der Waals surface area contributed by atoms with Gasteiger partial charge in [0, 0.05) is 29.0 Å². The van der Waals surface area contributed by atoms with Gasteiger partial charge in [-0.1, -0.05) is 66.6 Å². The minimum Gasteiger partial charge on any atom is -0.350 e. The van der Waals surface area contributed by atoms with Crippen LogP contribution in [0.15, 0.2) is 59.4 Å². The van der Waals surface area contributed by atoms with Crippen LogP contribution in [0.5, 0.6) is 0 Å². The van der Waals surface area contributed by atoms with E-state index in [-0.39, 0.29) is 16.1 Å². The Kier molecular flexibility index (Phi) is 7.63. The minimum atomic E-state index is -0.502. The molecule has 0 bridgehead atoms. The van der Waals surface area contributed by atoms with Gasteiger partial charge in [-0.15, -0.1) is 0 Å². The molecule has 7 nitrogen and oxygen atoms in total. The van der Waals surface area contributed by atoms with Crippen LogP contribution in [0.1, 0.15) is 50.3 Å². The minimum absolute atomic E-state index is 0.0114. The van der Waals surface area contributed by atoms with Crippen molar-refractivity contribution >= 4 is 45.4 Å². The molecule has 2 aromatic heterocycles. The summed E-state index contributed by atoms with van der Waals surface area (Å²) in [7, 11) is 0. The molecular weight excluding hydrogens is 484 g/mol. The number of carbonyl (C=O) groups is 2. The van der Waals surface area contributed by atoms with Gasteiger partial charge >= 0.3 is 0 Å². The highest BCUT2D eigenvalue weighted by molar-refractivity contribution is 7.19. The maximum atomic E-state index is 13.3. The summed E-state index contributed by atoms with van der Waals surface area (Å²) in [6.07, 6.45) is 2.08. The van der Waals surface area contributed by atoms with Gasteiger partial charge in [0.15, 0.2) is 4.96 Å². The van der Waals surface area contributed by atoms with Gasteiger partial charge in [-0.05, 0) is 49.1 Å². The van der Waals surface area contributed by atoms with Gasteiger partial charge in [0.05, 0.1) is 0 Å². The fourth-order valence-electron chi connectivity index (χ4n) is 3.76. The summed E-state index contributed by atoms with van der Waals surface area (Å²) < 4.78 is 1.23. The zero-order valence-corrected chi connectivity index (χ0v) is 21.0. The van der Waals surface area contributed by atoms with Crippen LogP contribution in [-0.2, 0) is 12.8 Å². The van der Waals surface area contributed by atoms with Gasteiger partial charge in [-0.3, -0.25) is 14.4 Å². The molecule has 0 aliphatic carbocycles. The van der Waals surface area contributed by atoms with Gasteiger partial charge < -0.3 is 10.6 Å². The van der Waals surface area contributed by atoms with Crippen molar-refractivity contribution in [3.63, 3.8) is 0 Å². The maximum Gasteiger partial charge on any atom is 0.270 e. The number of benzene rings is 2. The molecule has 35 heavy (non-hydrogen) atoms. The highest BCUT2D eigenvalue weighted by Gasteiger charge is 2.26. The van der Waals surface area contributed by atoms with Gasteiger partial charge in [-0.25, -0.2) is 9.38 Å². The fourth-order valence-corrected chi connectivity index (χ4v) is 5.03. The Morgan fingerprint density at radius 1 is 1.06 bits per heavy atom. The van der Waals surface area contributed by atoms with Crippen LogP contribution in [-0.4, -0.2) is 27.7 Å². The first-order chi connectivity index (χ1) is 16.9. The number of aryl methyl sites for hydroxylation is 2. The third-order valence-electron chi connectivity index (χ3n) is 5.48. The van der Waals surface area contributed by atoms with E-state index in [2.05, 4.69) is 15.6 Å². The topological polar surface area (TPSA) is 92.6 Å². The number of nitrogens with zero attached hydrogens (tertiary/aromatic N) is 2. The number of fused-ring (bicyclic) bond motifs is 1. The number of anilines is 1. The van der Waals surface area contributed by atoms with Gasteiger partial charge in [0.1, 0.15) is 10.6 Å². The van der Waals surface area contributed by atoms with Crippen LogP contribution in [0.3, 0.4) is 0 Å². The first-order valence-electron chi connectivity index (χ1n) is 11.3. The lowest BCUT2D eigenvalue weighted by Crippen LogP contribution is -2.31. The lowest BCUT2D eigenvalue weighted by Gasteiger charge is -2.10. The first-order valence-corrected chi connectivity index (χ1v) is 12.5. The maximum absolute atomic E-state index is 13.3. The average Bonchev–Trinajstić information content (AvgIpc) is 3.22. The summed E-state index contributed by atoms with van der Waals surface area (Å²) in [6.45, 7) is 4.18. The van der Waals surface area contributed by atoms with Crippen LogP contribution >= 0.6 is 22.9 Å². The van der Waals surface area contributed by atoms with Crippen LogP contribution in [0.2, 0.25) is 5.02 Å². The van der Waals surface area contributed by atoms with Crippen LogP contribution in [0, 0.1) is 6.92 Å². The van der Waals surface area contributed by atoms with Crippen molar-refractivity contribution < 1.29 is 9.59 Å². The van der Waals surface area contributed by atoms with E-state index < -0.39 is 11.8 Å². The molecule has 9 heteroatoms. The molecule has 2 N–H and O–H groups in total. The Balaban J connectivity index is 1.69. The molecule has 0 fully saturated rings. The highest BCUT2D eigenvalue weighted by Crippen LogP contribution is 2.25. The van der Waals surface area contributed by atoms with Crippen molar-refractivity contribution in [2.75, 3.05) is 11.9 Å². The molecule has 0 unspecified atom stereocenters. The molecule has 180 valence electrons. The molecule has 2 heterocycles. The van der Waals surface area contributed by atoms with Crippen molar-refractivity contribution in [1.29, 1.82) is 0 Å². The standard InChI is InChI=1S/C26H25ClN4O3S/c1-3-7-19-15-21(32)31-22(24(33)28-13-12-17-8-5-4-6-9-17)23(35-26(31)29-19)25(34)30-20-11-10-18(27)14-16(20)2/h4-6,8-11,14-15H,3,7,12-13H2,1-2H3,(H,28,33)(H,30,34). The molecule has 0 aliphatic heterocycles. The number of thiazole rings is 1. The van der Waals surface area contributed by atoms with E-state index in [9.17, 15) is 14.4 Å². The Hall–Kier alpha value is -3.49. The van der Waals surface area contributed by atoms with E-state index >= 15 is 0 Å². The lowest BCUT2D eigenvalue weighted by atomic mass is 10.1. The number of rotatable bonds is 8. The van der Waals surface area contributed by atoms with Crippen LogP contribution in [0.25, 0.3) is 4.96 Å². The molecule has 0 radical (unpaired) electrons. The zero-order valence-electron chi connectivity index (χ0n) is 19.4. The van der Waals surface area contributed by atoms with Crippen LogP contribution in [0.4, 0.5) is 5.69 Å². The molecule has 0 saturated heterocycles. The number of aromatic nitrogens is 2. The third kappa shape index (κ3) is 5.61. The average molecular weight is 509 g/mol. The second-order valence-electron chi connectivity index (χ2n) is 8.14. The van der Waals surface area contributed by atoms with Crippen molar-refractivity contribution in [3.05, 3.63) is 97.4 Å². The van der Waals surface area contributed by atoms with Crippen molar-refractivity contribution in [2.45, 2.75) is 33.1 Å². The lowest BCUT2D eigenvalue weighted by molar-refractivity contribution is 0.0936. The van der Waals surface area contributed by atoms with Gasteiger partial charge in [0.2, 0.25) is 0 Å². The number of hydrogen-bond acceptors (Lipinski definition) is 5. The molecule has 0 aliphatic rings. The molecule has 4 aromatic rings. The summed E-state index contributed by atoms with van der Waals surface area (Å²) in [6, 6.07) is 16.3.